The van der Waals surface area contributed by atoms with Crippen LogP contribution in [0.1, 0.15) is 41.8 Å². The number of aromatic amines is 1. The zero-order valence-corrected chi connectivity index (χ0v) is 16.7. The molecule has 0 spiro atoms. The minimum Gasteiger partial charge on any atom is -0.340 e. The summed E-state index contributed by atoms with van der Waals surface area (Å²) >= 11 is 0. The van der Waals surface area contributed by atoms with E-state index in [1.807, 2.05) is 25.4 Å². The van der Waals surface area contributed by atoms with Gasteiger partial charge in [0.1, 0.15) is 11.9 Å². The van der Waals surface area contributed by atoms with E-state index in [1.54, 1.807) is 16.9 Å². The van der Waals surface area contributed by atoms with Crippen LogP contribution in [0.5, 0.6) is 0 Å². The fraction of sp³-hybridized carbons (Fsp3) is 0.217. The van der Waals surface area contributed by atoms with Crippen LogP contribution in [-0.2, 0) is 12.5 Å². The third kappa shape index (κ3) is 2.85. The molecule has 3 heterocycles. The van der Waals surface area contributed by atoms with Gasteiger partial charge in [-0.25, -0.2) is 9.97 Å². The molecule has 0 atom stereocenters. The van der Waals surface area contributed by atoms with E-state index >= 15 is 0 Å². The molecule has 4 aromatic rings. The molecule has 0 unspecified atom stereocenters. The highest BCUT2D eigenvalue weighted by Gasteiger charge is 2.43. The normalized spacial score (nSPS) is 14.8. The summed E-state index contributed by atoms with van der Waals surface area (Å²) in [6.07, 6.45) is 8.50. The molecule has 1 saturated carbocycles. The van der Waals surface area contributed by atoms with E-state index in [-0.39, 0.29) is 5.41 Å². The van der Waals surface area contributed by atoms with Crippen LogP contribution >= 0.6 is 0 Å². The van der Waals surface area contributed by atoms with Crippen molar-refractivity contribution in [2.24, 2.45) is 7.05 Å². The first-order valence-corrected chi connectivity index (χ1v) is 9.91. The standard InChI is InChI=1S/C23H21N7/c1-3-16-12-17(5-6-18(16)26-20-7-10-30(2)29-20)23(8-4-9-23)22-27-19-11-15(13-24)14-25-21(19)28-22/h3,5-7,10-12,14H,1,4,8-9H2,2H3,(H,26,29)(H,25,27,28). The minimum absolute atomic E-state index is 0.172. The molecule has 2 N–H and O–H groups in total. The lowest BCUT2D eigenvalue weighted by molar-refractivity contribution is 0.287. The van der Waals surface area contributed by atoms with E-state index in [4.69, 9.17) is 10.2 Å². The highest BCUT2D eigenvalue weighted by atomic mass is 15.3. The number of nitrogens with zero attached hydrogens (tertiary/aromatic N) is 5. The van der Waals surface area contributed by atoms with Crippen molar-refractivity contribution in [3.05, 3.63) is 71.8 Å². The SMILES string of the molecule is C=Cc1cc(C2(c3nc4ncc(C#N)cc4[nH]3)CCC2)ccc1Nc1ccn(C)n1. The van der Waals surface area contributed by atoms with Gasteiger partial charge in [-0.15, -0.1) is 0 Å². The molecule has 1 aliphatic carbocycles. The van der Waals surface area contributed by atoms with Crippen LogP contribution in [0.3, 0.4) is 0 Å². The summed E-state index contributed by atoms with van der Waals surface area (Å²) in [5.41, 5.74) is 4.99. The van der Waals surface area contributed by atoms with Crippen molar-refractivity contribution in [2.75, 3.05) is 5.32 Å². The lowest BCUT2D eigenvalue weighted by atomic mass is 9.63. The van der Waals surface area contributed by atoms with E-state index in [1.165, 1.54) is 5.56 Å². The first kappa shape index (κ1) is 18.1. The molecule has 7 heteroatoms. The Morgan fingerprint density at radius 3 is 2.83 bits per heavy atom. The summed E-state index contributed by atoms with van der Waals surface area (Å²) in [6, 6.07) is 12.3. The summed E-state index contributed by atoms with van der Waals surface area (Å²) in [5, 5.41) is 16.9. The minimum atomic E-state index is -0.172. The Balaban J connectivity index is 1.54. The van der Waals surface area contributed by atoms with Gasteiger partial charge in [-0.1, -0.05) is 25.1 Å². The Hall–Kier alpha value is -3.92. The van der Waals surface area contributed by atoms with Crippen LogP contribution in [0.4, 0.5) is 11.5 Å². The van der Waals surface area contributed by atoms with Gasteiger partial charge < -0.3 is 10.3 Å². The number of H-pyrrole nitrogens is 1. The Bertz CT molecular complexity index is 1300. The highest BCUT2D eigenvalue weighted by molar-refractivity contribution is 5.74. The third-order valence-corrected chi connectivity index (χ3v) is 5.93. The molecule has 0 radical (unpaired) electrons. The number of pyridine rings is 1. The summed E-state index contributed by atoms with van der Waals surface area (Å²) in [7, 11) is 1.89. The van der Waals surface area contributed by atoms with Gasteiger partial charge in [-0.3, -0.25) is 4.68 Å². The molecule has 30 heavy (non-hydrogen) atoms. The molecule has 3 aromatic heterocycles. The maximum Gasteiger partial charge on any atom is 0.177 e. The van der Waals surface area contributed by atoms with Crippen LogP contribution in [0.15, 0.2) is 49.3 Å². The molecule has 1 aromatic carbocycles. The molecular formula is C23H21N7. The van der Waals surface area contributed by atoms with Crippen LogP contribution < -0.4 is 5.32 Å². The number of nitrogens with one attached hydrogen (secondary N) is 2. The third-order valence-electron chi connectivity index (χ3n) is 5.93. The van der Waals surface area contributed by atoms with Crippen molar-refractivity contribution >= 4 is 28.7 Å². The Morgan fingerprint density at radius 1 is 1.30 bits per heavy atom. The van der Waals surface area contributed by atoms with E-state index in [0.717, 1.165) is 47.7 Å². The first-order valence-electron chi connectivity index (χ1n) is 9.91. The average Bonchev–Trinajstić information content (AvgIpc) is 3.33. The zero-order chi connectivity index (χ0) is 20.7. The molecule has 1 fully saturated rings. The Kier molecular flexibility index (Phi) is 4.14. The van der Waals surface area contributed by atoms with Crippen LogP contribution in [0.2, 0.25) is 0 Å². The fourth-order valence-electron chi connectivity index (χ4n) is 4.14. The number of hydrogen-bond acceptors (Lipinski definition) is 5. The number of imidazole rings is 1. The smallest absolute Gasteiger partial charge is 0.177 e. The lowest BCUT2D eigenvalue weighted by Crippen LogP contribution is -2.36. The predicted molar refractivity (Wildman–Crippen MR) is 116 cm³/mol. The summed E-state index contributed by atoms with van der Waals surface area (Å²) in [4.78, 5) is 12.5. The maximum atomic E-state index is 9.14. The van der Waals surface area contributed by atoms with Crippen molar-refractivity contribution in [2.45, 2.75) is 24.7 Å². The topological polar surface area (TPSA) is 95.2 Å². The van der Waals surface area contributed by atoms with Crippen molar-refractivity contribution in [3.8, 4) is 6.07 Å². The van der Waals surface area contributed by atoms with Gasteiger partial charge in [0.05, 0.1) is 16.5 Å². The van der Waals surface area contributed by atoms with E-state index in [0.29, 0.717) is 11.2 Å². The first-order chi connectivity index (χ1) is 14.6. The largest absolute Gasteiger partial charge is 0.340 e. The van der Waals surface area contributed by atoms with Crippen molar-refractivity contribution < 1.29 is 0 Å². The van der Waals surface area contributed by atoms with Crippen molar-refractivity contribution in [1.82, 2.24) is 24.7 Å². The number of hydrogen-bond donors (Lipinski definition) is 2. The summed E-state index contributed by atoms with van der Waals surface area (Å²) in [5.74, 6) is 1.70. The van der Waals surface area contributed by atoms with E-state index in [9.17, 15) is 0 Å². The number of fused-ring (bicyclic) bond motifs is 1. The van der Waals surface area contributed by atoms with Gasteiger partial charge in [0.2, 0.25) is 0 Å². The van der Waals surface area contributed by atoms with Crippen molar-refractivity contribution in [3.63, 3.8) is 0 Å². The van der Waals surface area contributed by atoms with Gasteiger partial charge in [0.25, 0.3) is 0 Å². The zero-order valence-electron chi connectivity index (χ0n) is 16.7. The molecule has 7 nitrogen and oxygen atoms in total. The number of anilines is 2. The number of benzene rings is 1. The number of nitriles is 1. The van der Waals surface area contributed by atoms with Crippen LogP contribution in [0.25, 0.3) is 17.2 Å². The lowest BCUT2D eigenvalue weighted by Gasteiger charge is -2.41. The van der Waals surface area contributed by atoms with Gasteiger partial charge in [0.15, 0.2) is 11.5 Å². The monoisotopic (exact) mass is 395 g/mol. The highest BCUT2D eigenvalue weighted by Crippen LogP contribution is 2.49. The molecule has 148 valence electrons. The Morgan fingerprint density at radius 2 is 2.17 bits per heavy atom. The molecule has 0 saturated heterocycles. The van der Waals surface area contributed by atoms with Gasteiger partial charge in [0, 0.05) is 31.2 Å². The number of rotatable bonds is 5. The summed E-state index contributed by atoms with van der Waals surface area (Å²) < 4.78 is 1.76. The molecule has 0 amide bonds. The quantitative estimate of drug-likeness (QED) is 0.521. The molecule has 1 aliphatic rings. The molecule has 0 aliphatic heterocycles. The van der Waals surface area contributed by atoms with Gasteiger partial charge >= 0.3 is 0 Å². The van der Waals surface area contributed by atoms with Gasteiger partial charge in [-0.2, -0.15) is 10.4 Å². The average molecular weight is 395 g/mol. The van der Waals surface area contributed by atoms with Gasteiger partial charge in [-0.05, 0) is 42.2 Å². The molecular weight excluding hydrogens is 374 g/mol. The predicted octanol–water partition coefficient (Wildman–Crippen LogP) is 4.42. The maximum absolute atomic E-state index is 9.14. The second-order valence-electron chi connectivity index (χ2n) is 7.73. The summed E-state index contributed by atoms with van der Waals surface area (Å²) in [6.45, 7) is 4.00. The van der Waals surface area contributed by atoms with Crippen LogP contribution in [0, 0.1) is 11.3 Å². The number of aryl methyl sites for hydroxylation is 1. The second kappa shape index (κ2) is 6.85. The molecule has 0 bridgehead atoms. The van der Waals surface area contributed by atoms with E-state index in [2.05, 4.69) is 51.2 Å². The van der Waals surface area contributed by atoms with E-state index < -0.39 is 0 Å². The van der Waals surface area contributed by atoms with Crippen LogP contribution in [-0.4, -0.2) is 24.7 Å². The second-order valence-corrected chi connectivity index (χ2v) is 7.73. The van der Waals surface area contributed by atoms with Crippen molar-refractivity contribution in [1.29, 1.82) is 5.26 Å². The molecule has 5 rings (SSSR count). The number of aromatic nitrogens is 5. The Labute approximate surface area is 174 Å². The fourth-order valence-corrected chi connectivity index (χ4v) is 4.14.